The second-order valence-electron chi connectivity index (χ2n) is 5.70. The van der Waals surface area contributed by atoms with Crippen LogP contribution in [0.3, 0.4) is 0 Å². The van der Waals surface area contributed by atoms with Gasteiger partial charge in [0.1, 0.15) is 5.82 Å². The third kappa shape index (κ3) is 3.19. The predicted molar refractivity (Wildman–Crippen MR) is 83.8 cm³/mol. The van der Waals surface area contributed by atoms with Gasteiger partial charge in [0.05, 0.1) is 0 Å². The molecule has 0 fully saturated rings. The van der Waals surface area contributed by atoms with E-state index < -0.39 is 0 Å². The van der Waals surface area contributed by atoms with Crippen LogP contribution in [0.1, 0.15) is 40.8 Å². The monoisotopic (exact) mass is 271 g/mol. The molecule has 0 radical (unpaired) electrons. The molecule has 106 valence electrons. The molecule has 0 saturated heterocycles. The summed E-state index contributed by atoms with van der Waals surface area (Å²) in [5.41, 5.74) is 6.87. The maximum Gasteiger partial charge on any atom is 0.125 e. The zero-order valence-electron chi connectivity index (χ0n) is 12.8. The molecule has 2 aromatic carbocycles. The summed E-state index contributed by atoms with van der Waals surface area (Å²) in [4.78, 5) is 0. The fourth-order valence-corrected chi connectivity index (χ4v) is 3.02. The lowest BCUT2D eigenvalue weighted by molar-refractivity contribution is 0.626. The van der Waals surface area contributed by atoms with Crippen molar-refractivity contribution in [2.75, 3.05) is 5.32 Å². The molecule has 0 spiro atoms. The summed E-state index contributed by atoms with van der Waals surface area (Å²) in [7, 11) is 0. The van der Waals surface area contributed by atoms with E-state index in [9.17, 15) is 4.39 Å². The minimum atomic E-state index is -0.197. The van der Waals surface area contributed by atoms with Crippen LogP contribution in [0.5, 0.6) is 0 Å². The molecule has 1 nitrogen and oxygen atoms in total. The van der Waals surface area contributed by atoms with Crippen molar-refractivity contribution in [3.63, 3.8) is 0 Å². The first-order chi connectivity index (χ1) is 9.36. The van der Waals surface area contributed by atoms with Gasteiger partial charge < -0.3 is 5.32 Å². The van der Waals surface area contributed by atoms with E-state index >= 15 is 0 Å². The van der Waals surface area contributed by atoms with Gasteiger partial charge in [-0.1, -0.05) is 17.7 Å². The van der Waals surface area contributed by atoms with Gasteiger partial charge in [0, 0.05) is 11.7 Å². The standard InChI is InChI=1S/C18H22FN/c1-11-6-13(3)18(14(4)7-11)15(5)20-17-9-12(2)8-16(19)10-17/h6-10,15,20H,1-5H3. The average molecular weight is 271 g/mol. The van der Waals surface area contributed by atoms with Crippen molar-refractivity contribution in [3.05, 3.63) is 64.0 Å². The minimum absolute atomic E-state index is 0.150. The van der Waals surface area contributed by atoms with Gasteiger partial charge in [0.2, 0.25) is 0 Å². The smallest absolute Gasteiger partial charge is 0.125 e. The molecular formula is C18H22FN. The van der Waals surface area contributed by atoms with Crippen LogP contribution < -0.4 is 5.32 Å². The van der Waals surface area contributed by atoms with Crippen molar-refractivity contribution in [2.45, 2.75) is 40.7 Å². The first-order valence-corrected chi connectivity index (χ1v) is 6.98. The Bertz CT molecular complexity index is 588. The molecule has 0 bridgehead atoms. The van der Waals surface area contributed by atoms with E-state index in [0.29, 0.717) is 0 Å². The summed E-state index contributed by atoms with van der Waals surface area (Å²) in [5.74, 6) is -0.197. The topological polar surface area (TPSA) is 12.0 Å². The van der Waals surface area contributed by atoms with Gasteiger partial charge in [-0.3, -0.25) is 0 Å². The predicted octanol–water partition coefficient (Wildman–Crippen LogP) is 5.23. The number of benzene rings is 2. The normalized spacial score (nSPS) is 12.3. The quantitative estimate of drug-likeness (QED) is 0.805. The van der Waals surface area contributed by atoms with Crippen molar-refractivity contribution < 1.29 is 4.39 Å². The van der Waals surface area contributed by atoms with Crippen molar-refractivity contribution in [2.24, 2.45) is 0 Å². The van der Waals surface area contributed by atoms with Gasteiger partial charge in [0.25, 0.3) is 0 Å². The molecule has 20 heavy (non-hydrogen) atoms. The number of rotatable bonds is 3. The fourth-order valence-electron chi connectivity index (χ4n) is 3.02. The Morgan fingerprint density at radius 1 is 0.850 bits per heavy atom. The van der Waals surface area contributed by atoms with Crippen LogP contribution in [0.2, 0.25) is 0 Å². The largest absolute Gasteiger partial charge is 0.378 e. The minimum Gasteiger partial charge on any atom is -0.378 e. The van der Waals surface area contributed by atoms with Crippen LogP contribution in [-0.2, 0) is 0 Å². The third-order valence-electron chi connectivity index (χ3n) is 3.60. The third-order valence-corrected chi connectivity index (χ3v) is 3.60. The van der Waals surface area contributed by atoms with Gasteiger partial charge >= 0.3 is 0 Å². The first kappa shape index (κ1) is 14.6. The Balaban J connectivity index is 2.30. The molecule has 1 unspecified atom stereocenters. The van der Waals surface area contributed by atoms with Gasteiger partial charge in [-0.05, 0) is 75.1 Å². The fraction of sp³-hybridized carbons (Fsp3) is 0.333. The molecule has 0 amide bonds. The number of hydrogen-bond donors (Lipinski definition) is 1. The molecule has 1 atom stereocenters. The molecule has 0 heterocycles. The van der Waals surface area contributed by atoms with Crippen LogP contribution in [0, 0.1) is 33.5 Å². The van der Waals surface area contributed by atoms with E-state index in [1.807, 2.05) is 13.0 Å². The second-order valence-corrected chi connectivity index (χ2v) is 5.70. The highest BCUT2D eigenvalue weighted by Crippen LogP contribution is 2.27. The van der Waals surface area contributed by atoms with E-state index in [1.165, 1.54) is 28.3 Å². The van der Waals surface area contributed by atoms with Crippen molar-refractivity contribution in [1.29, 1.82) is 0 Å². The van der Waals surface area contributed by atoms with Crippen molar-refractivity contribution in [1.82, 2.24) is 0 Å². The molecular weight excluding hydrogens is 249 g/mol. The van der Waals surface area contributed by atoms with Crippen LogP contribution in [0.4, 0.5) is 10.1 Å². The molecule has 2 aromatic rings. The summed E-state index contributed by atoms with van der Waals surface area (Å²) in [6, 6.07) is 9.59. The van der Waals surface area contributed by atoms with E-state index in [2.05, 4.69) is 45.1 Å². The summed E-state index contributed by atoms with van der Waals surface area (Å²) in [5, 5.41) is 3.40. The molecule has 0 saturated carbocycles. The maximum atomic E-state index is 13.5. The van der Waals surface area contributed by atoms with E-state index in [0.717, 1.165) is 11.3 Å². The first-order valence-electron chi connectivity index (χ1n) is 6.98. The lowest BCUT2D eigenvalue weighted by Crippen LogP contribution is -2.10. The Kier molecular flexibility index (Phi) is 4.12. The van der Waals surface area contributed by atoms with E-state index in [4.69, 9.17) is 0 Å². The maximum absolute atomic E-state index is 13.5. The summed E-state index contributed by atoms with van der Waals surface area (Å²) >= 11 is 0. The molecule has 0 aliphatic rings. The summed E-state index contributed by atoms with van der Waals surface area (Å²) < 4.78 is 13.5. The second kappa shape index (κ2) is 5.66. The SMILES string of the molecule is Cc1cc(F)cc(NC(C)c2c(C)cc(C)cc2C)c1. The molecule has 2 heteroatoms. The van der Waals surface area contributed by atoms with E-state index in [1.54, 1.807) is 6.07 Å². The zero-order valence-corrected chi connectivity index (χ0v) is 12.8. The zero-order chi connectivity index (χ0) is 14.9. The van der Waals surface area contributed by atoms with E-state index in [-0.39, 0.29) is 11.9 Å². The Morgan fingerprint density at radius 3 is 1.95 bits per heavy atom. The van der Waals surface area contributed by atoms with Gasteiger partial charge in [-0.15, -0.1) is 0 Å². The summed E-state index contributed by atoms with van der Waals surface area (Å²) in [6.07, 6.45) is 0. The number of halogens is 1. The molecule has 1 N–H and O–H groups in total. The van der Waals surface area contributed by atoms with Gasteiger partial charge in [-0.25, -0.2) is 4.39 Å². The van der Waals surface area contributed by atoms with Crippen LogP contribution in [-0.4, -0.2) is 0 Å². The molecule has 0 aromatic heterocycles. The van der Waals surface area contributed by atoms with Gasteiger partial charge in [-0.2, -0.15) is 0 Å². The molecule has 2 rings (SSSR count). The van der Waals surface area contributed by atoms with Crippen molar-refractivity contribution in [3.8, 4) is 0 Å². The Morgan fingerprint density at radius 2 is 1.40 bits per heavy atom. The molecule has 0 aliphatic carbocycles. The lowest BCUT2D eigenvalue weighted by atomic mass is 9.94. The number of aryl methyl sites for hydroxylation is 4. The highest BCUT2D eigenvalue weighted by molar-refractivity contribution is 5.50. The van der Waals surface area contributed by atoms with Crippen molar-refractivity contribution >= 4 is 5.69 Å². The Labute approximate surface area is 120 Å². The number of anilines is 1. The summed E-state index contributed by atoms with van der Waals surface area (Å²) in [6.45, 7) is 10.4. The number of hydrogen-bond acceptors (Lipinski definition) is 1. The highest BCUT2D eigenvalue weighted by atomic mass is 19.1. The van der Waals surface area contributed by atoms with Gasteiger partial charge in [0.15, 0.2) is 0 Å². The number of nitrogens with one attached hydrogen (secondary N) is 1. The average Bonchev–Trinajstić information content (AvgIpc) is 2.25. The highest BCUT2D eigenvalue weighted by Gasteiger charge is 2.12. The van der Waals surface area contributed by atoms with Crippen LogP contribution >= 0.6 is 0 Å². The Hall–Kier alpha value is -1.83. The van der Waals surface area contributed by atoms with Crippen LogP contribution in [0.25, 0.3) is 0 Å². The molecule has 0 aliphatic heterocycles. The van der Waals surface area contributed by atoms with Crippen LogP contribution in [0.15, 0.2) is 30.3 Å². The lowest BCUT2D eigenvalue weighted by Gasteiger charge is -2.21.